The lowest BCUT2D eigenvalue weighted by atomic mass is 9.86. The Morgan fingerprint density at radius 1 is 1.15 bits per heavy atom. The van der Waals surface area contributed by atoms with Gasteiger partial charge in [0.05, 0.1) is 29.5 Å². The number of hydrogen-bond donors (Lipinski definition) is 1. The summed E-state index contributed by atoms with van der Waals surface area (Å²) in [6, 6.07) is 11.1. The van der Waals surface area contributed by atoms with E-state index < -0.39 is 0 Å². The highest BCUT2D eigenvalue weighted by Gasteiger charge is 2.25. The van der Waals surface area contributed by atoms with Crippen molar-refractivity contribution in [1.82, 2.24) is 19.4 Å². The number of rotatable bonds is 5. The Bertz CT molecular complexity index is 1350. The number of nitriles is 1. The molecule has 3 heterocycles. The van der Waals surface area contributed by atoms with Gasteiger partial charge in [0.25, 0.3) is 0 Å². The Hall–Kier alpha value is -3.15. The van der Waals surface area contributed by atoms with Crippen molar-refractivity contribution in [3.63, 3.8) is 0 Å². The van der Waals surface area contributed by atoms with Gasteiger partial charge in [-0.2, -0.15) is 15.5 Å². The second-order valence-corrected chi connectivity index (χ2v) is 9.62. The topological polar surface area (TPSA) is 79.1 Å². The van der Waals surface area contributed by atoms with Crippen LogP contribution < -0.4 is 0 Å². The van der Waals surface area contributed by atoms with Gasteiger partial charge in [-0.25, -0.2) is 8.91 Å². The molecular weight excluding hydrogens is 437 g/mol. The lowest BCUT2D eigenvalue weighted by molar-refractivity contribution is 0.164. The number of fused-ring (bicyclic) bond motifs is 1. The highest BCUT2D eigenvalue weighted by Crippen LogP contribution is 2.38. The van der Waals surface area contributed by atoms with E-state index in [0.717, 1.165) is 47.4 Å². The highest BCUT2D eigenvalue weighted by molar-refractivity contribution is 7.99. The lowest BCUT2D eigenvalue weighted by Crippen LogP contribution is -2.21. The number of pyridine rings is 1. The quantitative estimate of drug-likeness (QED) is 0.431. The largest absolute Gasteiger partial charge is 0.396 e. The SMILES string of the molecule is Cc1c(-c2cc(Sc3ccccc3F)c3c(C#N)cnn3c2)cnn1C1CCC(CO)CC1. The maximum absolute atomic E-state index is 14.4. The van der Waals surface area contributed by atoms with E-state index in [2.05, 4.69) is 22.8 Å². The average molecular weight is 462 g/mol. The summed E-state index contributed by atoms with van der Waals surface area (Å²) < 4.78 is 18.2. The number of aliphatic hydroxyl groups is 1. The summed E-state index contributed by atoms with van der Waals surface area (Å²) in [5, 5.41) is 28.1. The van der Waals surface area contributed by atoms with Crippen LogP contribution >= 0.6 is 11.8 Å². The maximum Gasteiger partial charge on any atom is 0.137 e. The molecule has 5 rings (SSSR count). The van der Waals surface area contributed by atoms with Gasteiger partial charge in [-0.3, -0.25) is 4.68 Å². The van der Waals surface area contributed by atoms with Gasteiger partial charge in [-0.15, -0.1) is 0 Å². The van der Waals surface area contributed by atoms with E-state index in [-0.39, 0.29) is 12.4 Å². The molecule has 0 atom stereocenters. The summed E-state index contributed by atoms with van der Waals surface area (Å²) in [4.78, 5) is 1.26. The molecule has 168 valence electrons. The van der Waals surface area contributed by atoms with Crippen LogP contribution in [-0.4, -0.2) is 31.1 Å². The van der Waals surface area contributed by atoms with Crippen molar-refractivity contribution in [2.24, 2.45) is 5.92 Å². The fraction of sp³-hybridized carbons (Fsp3) is 0.320. The molecule has 3 aromatic heterocycles. The third kappa shape index (κ3) is 4.03. The van der Waals surface area contributed by atoms with Crippen molar-refractivity contribution in [3.8, 4) is 17.2 Å². The van der Waals surface area contributed by atoms with Gasteiger partial charge in [0.15, 0.2) is 0 Å². The minimum absolute atomic E-state index is 0.257. The molecule has 0 aliphatic heterocycles. The molecule has 1 aliphatic carbocycles. The second kappa shape index (κ2) is 9.00. The normalized spacial score (nSPS) is 18.5. The molecule has 0 saturated heterocycles. The van der Waals surface area contributed by atoms with Crippen LogP contribution in [0.3, 0.4) is 0 Å². The van der Waals surface area contributed by atoms with Crippen molar-refractivity contribution in [2.45, 2.75) is 48.4 Å². The molecule has 0 radical (unpaired) electrons. The van der Waals surface area contributed by atoms with Crippen LogP contribution in [0.1, 0.15) is 43.0 Å². The zero-order valence-corrected chi connectivity index (χ0v) is 19.1. The summed E-state index contributed by atoms with van der Waals surface area (Å²) in [6.07, 6.45) is 9.35. The Labute approximate surface area is 195 Å². The second-order valence-electron chi connectivity index (χ2n) is 8.53. The zero-order valence-electron chi connectivity index (χ0n) is 18.3. The van der Waals surface area contributed by atoms with Crippen LogP contribution in [0.15, 0.2) is 58.7 Å². The van der Waals surface area contributed by atoms with Crippen molar-refractivity contribution in [1.29, 1.82) is 5.26 Å². The molecule has 0 amide bonds. The molecule has 0 unspecified atom stereocenters. The zero-order chi connectivity index (χ0) is 22.9. The van der Waals surface area contributed by atoms with Gasteiger partial charge in [-0.05, 0) is 56.7 Å². The Kier molecular flexibility index (Phi) is 5.92. The number of nitrogens with zero attached hydrogens (tertiary/aromatic N) is 5. The van der Waals surface area contributed by atoms with E-state index in [4.69, 9.17) is 5.10 Å². The molecule has 0 spiro atoms. The summed E-state index contributed by atoms with van der Waals surface area (Å²) in [5.74, 6) is 0.0951. The first kappa shape index (κ1) is 21.7. The van der Waals surface area contributed by atoms with Crippen molar-refractivity contribution >= 4 is 17.3 Å². The number of aliphatic hydroxyl groups excluding tert-OH is 1. The third-order valence-electron chi connectivity index (χ3n) is 6.53. The van der Waals surface area contributed by atoms with Gasteiger partial charge >= 0.3 is 0 Å². The van der Waals surface area contributed by atoms with Crippen LogP contribution in [0.4, 0.5) is 4.39 Å². The van der Waals surface area contributed by atoms with Crippen molar-refractivity contribution in [2.75, 3.05) is 6.61 Å². The molecule has 6 nitrogen and oxygen atoms in total. The predicted octanol–water partition coefficient (Wildman–Crippen LogP) is 5.39. The van der Waals surface area contributed by atoms with E-state index in [9.17, 15) is 14.8 Å². The fourth-order valence-corrected chi connectivity index (χ4v) is 5.72. The van der Waals surface area contributed by atoms with Gasteiger partial charge in [0, 0.05) is 39.4 Å². The van der Waals surface area contributed by atoms with E-state index in [1.54, 1.807) is 28.9 Å². The first-order chi connectivity index (χ1) is 16.1. The van der Waals surface area contributed by atoms with Crippen LogP contribution in [0.2, 0.25) is 0 Å². The smallest absolute Gasteiger partial charge is 0.137 e. The number of hydrogen-bond acceptors (Lipinski definition) is 5. The molecular formula is C25H24FN5OS. The van der Waals surface area contributed by atoms with E-state index >= 15 is 0 Å². The average Bonchev–Trinajstić information content (AvgIpc) is 3.44. The Morgan fingerprint density at radius 3 is 2.67 bits per heavy atom. The summed E-state index contributed by atoms with van der Waals surface area (Å²) in [6.45, 7) is 2.32. The van der Waals surface area contributed by atoms with E-state index in [1.165, 1.54) is 17.8 Å². The van der Waals surface area contributed by atoms with E-state index in [1.807, 2.05) is 18.5 Å². The fourth-order valence-electron chi connectivity index (χ4n) is 4.68. The highest BCUT2D eigenvalue weighted by atomic mass is 32.2. The van der Waals surface area contributed by atoms with Crippen LogP contribution in [0.5, 0.6) is 0 Å². The first-order valence-electron chi connectivity index (χ1n) is 11.1. The third-order valence-corrected chi connectivity index (χ3v) is 7.61. The predicted molar refractivity (Wildman–Crippen MR) is 124 cm³/mol. The van der Waals surface area contributed by atoms with Crippen LogP contribution in [0.25, 0.3) is 16.6 Å². The molecule has 33 heavy (non-hydrogen) atoms. The molecule has 1 aliphatic rings. The molecule has 1 fully saturated rings. The monoisotopic (exact) mass is 461 g/mol. The number of benzene rings is 1. The lowest BCUT2D eigenvalue weighted by Gasteiger charge is -2.28. The number of halogens is 1. The molecule has 8 heteroatoms. The van der Waals surface area contributed by atoms with E-state index in [0.29, 0.717) is 27.9 Å². The van der Waals surface area contributed by atoms with Crippen molar-refractivity contribution < 1.29 is 9.50 Å². The maximum atomic E-state index is 14.4. The summed E-state index contributed by atoms with van der Waals surface area (Å²) in [7, 11) is 0. The summed E-state index contributed by atoms with van der Waals surface area (Å²) in [5.41, 5.74) is 4.10. The summed E-state index contributed by atoms with van der Waals surface area (Å²) >= 11 is 1.29. The Morgan fingerprint density at radius 2 is 1.94 bits per heavy atom. The molecule has 1 aromatic carbocycles. The number of aromatic nitrogens is 4. The minimum atomic E-state index is -0.299. The Balaban J connectivity index is 1.55. The van der Waals surface area contributed by atoms with Gasteiger partial charge in [0.2, 0.25) is 0 Å². The van der Waals surface area contributed by atoms with Gasteiger partial charge < -0.3 is 5.11 Å². The van der Waals surface area contributed by atoms with Crippen molar-refractivity contribution in [3.05, 3.63) is 66.0 Å². The van der Waals surface area contributed by atoms with Gasteiger partial charge in [-0.1, -0.05) is 23.9 Å². The van der Waals surface area contributed by atoms with Crippen LogP contribution in [0, 0.1) is 30.0 Å². The standard InChI is InChI=1S/C25H24FN5OS/c1-16-21(13-29-31(16)20-8-6-17(15-32)7-9-20)18-10-24(33-23-5-3-2-4-22(23)26)25-19(11-27)12-28-30(25)14-18/h2-5,10,12-14,17,20,32H,6-9,15H2,1H3. The molecule has 1 N–H and O–H groups in total. The minimum Gasteiger partial charge on any atom is -0.396 e. The molecule has 1 saturated carbocycles. The van der Waals surface area contributed by atoms with Crippen LogP contribution in [-0.2, 0) is 0 Å². The van der Waals surface area contributed by atoms with Gasteiger partial charge in [0.1, 0.15) is 11.9 Å². The molecule has 0 bridgehead atoms. The molecule has 4 aromatic rings. The first-order valence-corrected chi connectivity index (χ1v) is 11.9.